The molecule has 3 rings (SSSR count). The number of aromatic nitrogens is 2. The van der Waals surface area contributed by atoms with Gasteiger partial charge in [-0.3, -0.25) is 14.4 Å². The van der Waals surface area contributed by atoms with Crippen molar-refractivity contribution in [2.45, 2.75) is 20.4 Å². The maximum Gasteiger partial charge on any atom is 0.276 e. The van der Waals surface area contributed by atoms with E-state index >= 15 is 0 Å². The van der Waals surface area contributed by atoms with E-state index in [1.165, 1.54) is 22.9 Å². The molecule has 1 aromatic heterocycles. The maximum atomic E-state index is 12.9. The fourth-order valence-electron chi connectivity index (χ4n) is 2.86. The second-order valence-electron chi connectivity index (χ2n) is 6.79. The number of carbonyl (C=O) groups excluding carboxylic acids is 2. The highest BCUT2D eigenvalue weighted by atomic mass is 35.5. The number of amides is 2. The van der Waals surface area contributed by atoms with Crippen molar-refractivity contribution in [3.05, 3.63) is 69.1 Å². The molecule has 144 valence electrons. The van der Waals surface area contributed by atoms with Crippen LogP contribution in [0.2, 0.25) is 5.02 Å². The van der Waals surface area contributed by atoms with Crippen LogP contribution in [0.5, 0.6) is 0 Å². The molecule has 0 saturated carbocycles. The third-order valence-corrected chi connectivity index (χ3v) is 4.43. The Hall–Kier alpha value is -3.19. The molecule has 0 atom stereocenters. The minimum atomic E-state index is -0.656. The summed E-state index contributed by atoms with van der Waals surface area (Å²) in [6.07, 6.45) is 0. The Morgan fingerprint density at radius 2 is 1.86 bits per heavy atom. The Morgan fingerprint density at radius 3 is 2.46 bits per heavy atom. The van der Waals surface area contributed by atoms with E-state index in [-0.39, 0.29) is 27.8 Å². The number of fused-ring (bicyclic) bond motifs is 1. The molecule has 0 radical (unpaired) electrons. The molecule has 3 N–H and O–H groups in total. The summed E-state index contributed by atoms with van der Waals surface area (Å²) in [5.41, 5.74) is 5.67. The molecule has 8 heteroatoms. The number of carbonyl (C=O) groups is 2. The van der Waals surface area contributed by atoms with E-state index in [1.54, 1.807) is 24.3 Å². The van der Waals surface area contributed by atoms with Gasteiger partial charge in [-0.25, -0.2) is 4.68 Å². The SMILES string of the molecule is CC(C)Cn1nc(C(=O)Nc2ccc(C(N)=O)c(Cl)c2)c2ccccc2c1=O. The van der Waals surface area contributed by atoms with E-state index in [4.69, 9.17) is 17.3 Å². The van der Waals surface area contributed by atoms with Gasteiger partial charge in [-0.1, -0.05) is 43.6 Å². The average molecular weight is 399 g/mol. The van der Waals surface area contributed by atoms with Crippen LogP contribution in [0.4, 0.5) is 5.69 Å². The van der Waals surface area contributed by atoms with Crippen molar-refractivity contribution >= 4 is 39.9 Å². The minimum Gasteiger partial charge on any atom is -0.366 e. The van der Waals surface area contributed by atoms with Crippen molar-refractivity contribution < 1.29 is 9.59 Å². The van der Waals surface area contributed by atoms with Gasteiger partial charge < -0.3 is 11.1 Å². The molecular weight excluding hydrogens is 380 g/mol. The van der Waals surface area contributed by atoms with E-state index in [9.17, 15) is 14.4 Å². The molecular formula is C20H19ClN4O3. The van der Waals surface area contributed by atoms with Gasteiger partial charge >= 0.3 is 0 Å². The minimum absolute atomic E-state index is 0.131. The van der Waals surface area contributed by atoms with E-state index in [2.05, 4.69) is 10.4 Å². The average Bonchev–Trinajstić information content (AvgIpc) is 2.63. The number of halogens is 1. The van der Waals surface area contributed by atoms with Crippen LogP contribution in [0.25, 0.3) is 10.8 Å². The van der Waals surface area contributed by atoms with E-state index in [1.807, 2.05) is 13.8 Å². The summed E-state index contributed by atoms with van der Waals surface area (Å²) < 4.78 is 1.31. The fraction of sp³-hybridized carbons (Fsp3) is 0.200. The number of nitrogens with one attached hydrogen (secondary N) is 1. The summed E-state index contributed by atoms with van der Waals surface area (Å²) in [5, 5.41) is 8.01. The van der Waals surface area contributed by atoms with Crippen LogP contribution in [0.15, 0.2) is 47.3 Å². The lowest BCUT2D eigenvalue weighted by atomic mass is 10.1. The van der Waals surface area contributed by atoms with Crippen molar-refractivity contribution in [3.8, 4) is 0 Å². The van der Waals surface area contributed by atoms with Crippen LogP contribution in [0.1, 0.15) is 34.7 Å². The Balaban J connectivity index is 2.04. The Bertz CT molecular complexity index is 1140. The molecule has 0 spiro atoms. The highest BCUT2D eigenvalue weighted by molar-refractivity contribution is 6.34. The second kappa shape index (κ2) is 7.82. The molecule has 3 aromatic rings. The zero-order chi connectivity index (χ0) is 20.4. The number of anilines is 1. The molecule has 28 heavy (non-hydrogen) atoms. The molecule has 1 heterocycles. The number of hydrogen-bond donors (Lipinski definition) is 2. The largest absolute Gasteiger partial charge is 0.366 e. The van der Waals surface area contributed by atoms with Gasteiger partial charge in [0.15, 0.2) is 5.69 Å². The van der Waals surface area contributed by atoms with Crippen LogP contribution < -0.4 is 16.6 Å². The summed E-state index contributed by atoms with van der Waals surface area (Å²) in [5.74, 6) is -0.963. The molecule has 0 fully saturated rings. The molecule has 0 aliphatic rings. The standard InChI is InChI=1S/C20H19ClN4O3/c1-11(2)10-25-20(28)14-6-4-3-5-13(14)17(24-25)19(27)23-12-7-8-15(18(22)26)16(21)9-12/h3-9,11H,10H2,1-2H3,(H2,22,26)(H,23,27). The van der Waals surface area contributed by atoms with Crippen LogP contribution in [0, 0.1) is 5.92 Å². The van der Waals surface area contributed by atoms with E-state index in [0.29, 0.717) is 23.0 Å². The Morgan fingerprint density at radius 1 is 1.18 bits per heavy atom. The monoisotopic (exact) mass is 398 g/mol. The molecule has 7 nitrogen and oxygen atoms in total. The third-order valence-electron chi connectivity index (χ3n) is 4.11. The summed E-state index contributed by atoms with van der Waals surface area (Å²) in [6.45, 7) is 4.32. The maximum absolute atomic E-state index is 12.9. The van der Waals surface area contributed by atoms with Crippen LogP contribution in [0.3, 0.4) is 0 Å². The first kappa shape index (κ1) is 19.6. The Labute approximate surface area is 166 Å². The molecule has 0 aliphatic heterocycles. The number of rotatable bonds is 5. The Kier molecular flexibility index (Phi) is 5.46. The summed E-state index contributed by atoms with van der Waals surface area (Å²) in [7, 11) is 0. The van der Waals surface area contributed by atoms with Gasteiger partial charge in [0.2, 0.25) is 5.91 Å². The second-order valence-corrected chi connectivity index (χ2v) is 7.20. The van der Waals surface area contributed by atoms with E-state index < -0.39 is 11.8 Å². The van der Waals surface area contributed by atoms with Crippen LogP contribution in [-0.2, 0) is 6.54 Å². The highest BCUT2D eigenvalue weighted by Gasteiger charge is 2.18. The van der Waals surface area contributed by atoms with Crippen molar-refractivity contribution in [2.75, 3.05) is 5.32 Å². The lowest BCUT2D eigenvalue weighted by Gasteiger charge is -2.13. The van der Waals surface area contributed by atoms with Gasteiger partial charge in [0.05, 0.1) is 16.0 Å². The third kappa shape index (κ3) is 3.89. The smallest absolute Gasteiger partial charge is 0.276 e. The fourth-order valence-corrected chi connectivity index (χ4v) is 3.13. The first-order chi connectivity index (χ1) is 13.3. The van der Waals surface area contributed by atoms with Gasteiger partial charge in [0.1, 0.15) is 0 Å². The zero-order valence-electron chi connectivity index (χ0n) is 15.4. The molecule has 0 bridgehead atoms. The predicted molar refractivity (Wildman–Crippen MR) is 109 cm³/mol. The van der Waals surface area contributed by atoms with Gasteiger partial charge in [-0.2, -0.15) is 5.10 Å². The quantitative estimate of drug-likeness (QED) is 0.688. The van der Waals surface area contributed by atoms with Crippen LogP contribution >= 0.6 is 11.6 Å². The predicted octanol–water partition coefficient (Wildman–Crippen LogP) is 3.06. The number of nitrogens with zero attached hydrogens (tertiary/aromatic N) is 2. The van der Waals surface area contributed by atoms with Crippen LogP contribution in [-0.4, -0.2) is 21.6 Å². The molecule has 0 unspecified atom stereocenters. The van der Waals surface area contributed by atoms with Gasteiger partial charge in [0.25, 0.3) is 11.5 Å². The number of benzene rings is 2. The van der Waals surface area contributed by atoms with Crippen molar-refractivity contribution in [1.82, 2.24) is 9.78 Å². The molecule has 0 aliphatic carbocycles. The summed E-state index contributed by atoms with van der Waals surface area (Å²) >= 11 is 6.04. The lowest BCUT2D eigenvalue weighted by molar-refractivity contribution is 0.0998. The van der Waals surface area contributed by atoms with Gasteiger partial charge in [-0.15, -0.1) is 0 Å². The molecule has 2 amide bonds. The number of hydrogen-bond acceptors (Lipinski definition) is 4. The lowest BCUT2D eigenvalue weighted by Crippen LogP contribution is -2.29. The number of nitrogens with two attached hydrogens (primary N) is 1. The van der Waals surface area contributed by atoms with Gasteiger partial charge in [-0.05, 0) is 30.2 Å². The van der Waals surface area contributed by atoms with E-state index in [0.717, 1.165) is 0 Å². The first-order valence-corrected chi connectivity index (χ1v) is 9.06. The molecule has 0 saturated heterocycles. The number of primary amides is 1. The van der Waals surface area contributed by atoms with Crippen molar-refractivity contribution in [1.29, 1.82) is 0 Å². The normalized spacial score (nSPS) is 11.0. The summed E-state index contributed by atoms with van der Waals surface area (Å²) in [6, 6.07) is 11.2. The molecule has 2 aromatic carbocycles. The first-order valence-electron chi connectivity index (χ1n) is 8.68. The summed E-state index contributed by atoms with van der Waals surface area (Å²) in [4.78, 5) is 36.8. The topological polar surface area (TPSA) is 107 Å². The van der Waals surface area contributed by atoms with Crippen molar-refractivity contribution in [3.63, 3.8) is 0 Å². The van der Waals surface area contributed by atoms with Crippen molar-refractivity contribution in [2.24, 2.45) is 11.7 Å². The zero-order valence-corrected chi connectivity index (χ0v) is 16.2. The van der Waals surface area contributed by atoms with Gasteiger partial charge in [0, 0.05) is 17.6 Å². The highest BCUT2D eigenvalue weighted by Crippen LogP contribution is 2.22.